The van der Waals surface area contributed by atoms with Gasteiger partial charge in [-0.2, -0.15) is 0 Å². The molecule has 5 heteroatoms. The fourth-order valence-electron chi connectivity index (χ4n) is 0.661. The van der Waals surface area contributed by atoms with Gasteiger partial charge in [-0.1, -0.05) is 24.1 Å². The number of hydrogen-bond acceptors (Lipinski definition) is 4. The second-order valence-corrected chi connectivity index (χ2v) is 4.62. The van der Waals surface area contributed by atoms with Crippen LogP contribution in [-0.2, 0) is 4.74 Å². The predicted octanol–water partition coefficient (Wildman–Crippen LogP) is 2.17. The molecule has 1 radical (unpaired) electrons. The molecule has 0 saturated carbocycles. The van der Waals surface area contributed by atoms with E-state index in [1.807, 2.05) is 10.8 Å². The third-order valence-electron chi connectivity index (χ3n) is 1.27. The summed E-state index contributed by atoms with van der Waals surface area (Å²) >= 11 is 0. The fraction of sp³-hybridized carbons (Fsp3) is 0.857. The fourth-order valence-corrected chi connectivity index (χ4v) is 2.74. The van der Waals surface area contributed by atoms with Gasteiger partial charge in [-0.25, -0.2) is 4.99 Å². The molecule has 0 bridgehead atoms. The molecule has 0 unspecified atom stereocenters. The van der Waals surface area contributed by atoms with Gasteiger partial charge in [0.25, 0.3) is 5.23 Å². The van der Waals surface area contributed by atoms with Crippen LogP contribution in [0, 0.1) is 0 Å². The van der Waals surface area contributed by atoms with Crippen molar-refractivity contribution in [2.75, 3.05) is 18.9 Å². The maximum Gasteiger partial charge on any atom is 0.256 e. The molecule has 0 fully saturated rings. The van der Waals surface area contributed by atoms with E-state index in [0.717, 1.165) is 18.4 Å². The van der Waals surface area contributed by atoms with E-state index in [0.29, 0.717) is 0 Å². The first kappa shape index (κ1) is 13.2. The Kier molecular flexibility index (Phi) is 9.61. The Morgan fingerprint density at radius 3 is 3.00 bits per heavy atom. The SMILES string of the molecule is CCCCSSC1=NCCO1.[Na]. The number of rotatable bonds is 4. The van der Waals surface area contributed by atoms with E-state index >= 15 is 0 Å². The largest absolute Gasteiger partial charge is 0.471 e. The van der Waals surface area contributed by atoms with Crippen molar-refractivity contribution in [1.82, 2.24) is 0 Å². The van der Waals surface area contributed by atoms with E-state index in [2.05, 4.69) is 11.9 Å². The van der Waals surface area contributed by atoms with Crippen molar-refractivity contribution in [3.8, 4) is 0 Å². The van der Waals surface area contributed by atoms with Gasteiger partial charge in [0.2, 0.25) is 0 Å². The quantitative estimate of drug-likeness (QED) is 0.407. The zero-order chi connectivity index (χ0) is 7.94. The van der Waals surface area contributed by atoms with Crippen LogP contribution in [0.1, 0.15) is 19.8 Å². The van der Waals surface area contributed by atoms with Crippen LogP contribution in [-0.4, -0.2) is 53.7 Å². The second kappa shape index (κ2) is 8.75. The van der Waals surface area contributed by atoms with Crippen LogP contribution in [0.3, 0.4) is 0 Å². The average Bonchev–Trinajstić information content (AvgIpc) is 2.50. The zero-order valence-electron chi connectivity index (χ0n) is 7.71. The van der Waals surface area contributed by atoms with Crippen LogP contribution >= 0.6 is 21.6 Å². The molecule has 1 rings (SSSR count). The molecule has 0 aliphatic carbocycles. The van der Waals surface area contributed by atoms with Crippen molar-refractivity contribution in [3.63, 3.8) is 0 Å². The van der Waals surface area contributed by atoms with Crippen molar-refractivity contribution in [1.29, 1.82) is 0 Å². The van der Waals surface area contributed by atoms with Crippen LogP contribution in [0.4, 0.5) is 0 Å². The Morgan fingerprint density at radius 2 is 2.42 bits per heavy atom. The van der Waals surface area contributed by atoms with Crippen molar-refractivity contribution in [3.05, 3.63) is 0 Å². The molecule has 1 aliphatic rings. The minimum Gasteiger partial charge on any atom is -0.471 e. The van der Waals surface area contributed by atoms with Gasteiger partial charge in [-0.15, -0.1) is 0 Å². The molecule has 0 amide bonds. The summed E-state index contributed by atoms with van der Waals surface area (Å²) in [7, 11) is 3.50. The van der Waals surface area contributed by atoms with Crippen LogP contribution in [0.2, 0.25) is 0 Å². The first-order chi connectivity index (χ1) is 5.43. The van der Waals surface area contributed by atoms with E-state index in [1.54, 1.807) is 10.8 Å². The molecule has 0 aromatic carbocycles. The maximum atomic E-state index is 5.23. The van der Waals surface area contributed by atoms with Gasteiger partial charge in [-0.05, 0) is 6.42 Å². The predicted molar refractivity (Wildman–Crippen MR) is 59.0 cm³/mol. The van der Waals surface area contributed by atoms with Crippen molar-refractivity contribution in [2.24, 2.45) is 4.99 Å². The second-order valence-electron chi connectivity index (χ2n) is 2.25. The Labute approximate surface area is 104 Å². The minimum absolute atomic E-state index is 0. The summed E-state index contributed by atoms with van der Waals surface area (Å²) in [5.41, 5.74) is 0. The topological polar surface area (TPSA) is 21.6 Å². The van der Waals surface area contributed by atoms with Crippen molar-refractivity contribution >= 4 is 56.4 Å². The molecule has 0 aromatic rings. The molecule has 1 aliphatic heterocycles. The van der Waals surface area contributed by atoms with Crippen LogP contribution in [0.5, 0.6) is 0 Å². The molecule has 0 atom stereocenters. The van der Waals surface area contributed by atoms with Gasteiger partial charge in [0.15, 0.2) is 0 Å². The Balaban J connectivity index is 0.00000121. The maximum absolute atomic E-state index is 5.23. The summed E-state index contributed by atoms with van der Waals surface area (Å²) in [6.07, 6.45) is 2.55. The monoisotopic (exact) mass is 214 g/mol. The van der Waals surface area contributed by atoms with Crippen LogP contribution < -0.4 is 0 Å². The average molecular weight is 214 g/mol. The van der Waals surface area contributed by atoms with E-state index in [4.69, 9.17) is 4.74 Å². The van der Waals surface area contributed by atoms with Gasteiger partial charge in [0.1, 0.15) is 6.61 Å². The van der Waals surface area contributed by atoms with Crippen molar-refractivity contribution in [2.45, 2.75) is 19.8 Å². The molecule has 0 aromatic heterocycles. The van der Waals surface area contributed by atoms with E-state index in [9.17, 15) is 0 Å². The Morgan fingerprint density at radius 1 is 1.58 bits per heavy atom. The van der Waals surface area contributed by atoms with Crippen LogP contribution in [0.25, 0.3) is 0 Å². The summed E-state index contributed by atoms with van der Waals surface area (Å²) in [5.74, 6) is 1.20. The first-order valence-electron chi connectivity index (χ1n) is 3.90. The Hall–Kier alpha value is 1.17. The summed E-state index contributed by atoms with van der Waals surface area (Å²) in [5, 5.41) is 0.867. The van der Waals surface area contributed by atoms with Gasteiger partial charge in [0, 0.05) is 46.1 Å². The van der Waals surface area contributed by atoms with E-state index < -0.39 is 0 Å². The van der Waals surface area contributed by atoms with Gasteiger partial charge < -0.3 is 4.74 Å². The summed E-state index contributed by atoms with van der Waals surface area (Å²) in [6.45, 7) is 3.82. The smallest absolute Gasteiger partial charge is 0.256 e. The van der Waals surface area contributed by atoms with E-state index in [-0.39, 0.29) is 29.6 Å². The number of unbranched alkanes of at least 4 members (excludes halogenated alkanes) is 1. The molecular weight excluding hydrogens is 201 g/mol. The summed E-state index contributed by atoms with van der Waals surface area (Å²) < 4.78 is 5.23. The molecule has 0 N–H and O–H groups in total. The molecule has 0 saturated heterocycles. The molecule has 12 heavy (non-hydrogen) atoms. The Bertz CT molecular complexity index is 143. The molecular formula is C7H13NNaOS2. The van der Waals surface area contributed by atoms with Gasteiger partial charge in [-0.3, -0.25) is 0 Å². The van der Waals surface area contributed by atoms with E-state index in [1.165, 1.54) is 18.6 Å². The van der Waals surface area contributed by atoms with Gasteiger partial charge >= 0.3 is 0 Å². The summed E-state index contributed by atoms with van der Waals surface area (Å²) in [4.78, 5) is 4.17. The zero-order valence-corrected chi connectivity index (χ0v) is 11.3. The molecule has 0 spiro atoms. The molecule has 2 nitrogen and oxygen atoms in total. The third-order valence-corrected chi connectivity index (χ3v) is 3.51. The molecule has 65 valence electrons. The summed E-state index contributed by atoms with van der Waals surface area (Å²) in [6, 6.07) is 0. The number of aliphatic imine (C=N–C) groups is 1. The standard InChI is InChI=1S/C7H13NOS2.Na/c1-2-3-6-10-11-7-8-4-5-9-7;/h2-6H2,1H3;. The third kappa shape index (κ3) is 5.75. The number of ether oxygens (including phenoxy) is 1. The first-order valence-corrected chi connectivity index (χ1v) is 6.22. The van der Waals surface area contributed by atoms with Crippen molar-refractivity contribution < 1.29 is 4.74 Å². The number of nitrogens with zero attached hydrogens (tertiary/aromatic N) is 1. The minimum atomic E-state index is 0. The normalized spacial score (nSPS) is 14.9. The molecule has 1 heterocycles. The van der Waals surface area contributed by atoms with Crippen LogP contribution in [0.15, 0.2) is 4.99 Å². The van der Waals surface area contributed by atoms with Gasteiger partial charge in [0.05, 0.1) is 6.54 Å². The number of hydrogen-bond donors (Lipinski definition) is 0.